The van der Waals surface area contributed by atoms with Gasteiger partial charge in [-0.2, -0.15) is 11.8 Å². The van der Waals surface area contributed by atoms with Crippen molar-refractivity contribution in [1.29, 1.82) is 0 Å². The number of thioether (sulfide) groups is 1. The van der Waals surface area contributed by atoms with Crippen LogP contribution in [0.5, 0.6) is 0 Å². The lowest BCUT2D eigenvalue weighted by atomic mass is 9.86. The van der Waals surface area contributed by atoms with Crippen molar-refractivity contribution in [2.75, 3.05) is 5.75 Å². The summed E-state index contributed by atoms with van der Waals surface area (Å²) in [6, 6.07) is 0. The first-order valence-corrected chi connectivity index (χ1v) is 9.86. The number of unbranched alkanes of at least 4 members (excludes halogenated alkanes) is 2. The molecule has 0 saturated heterocycles. The Bertz CT molecular complexity index is 391. The molecule has 22 heavy (non-hydrogen) atoms. The van der Waals surface area contributed by atoms with Crippen LogP contribution in [-0.2, 0) is 4.79 Å². The molecule has 2 aliphatic carbocycles. The van der Waals surface area contributed by atoms with Crippen LogP contribution in [-0.4, -0.2) is 22.1 Å². The quantitative estimate of drug-likeness (QED) is 0.414. The predicted molar refractivity (Wildman–Crippen MR) is 95.2 cm³/mol. The van der Waals surface area contributed by atoms with Crippen molar-refractivity contribution in [2.24, 2.45) is 17.8 Å². The highest BCUT2D eigenvalue weighted by atomic mass is 32.2. The van der Waals surface area contributed by atoms with E-state index in [1.54, 1.807) is 0 Å². The first kappa shape index (κ1) is 17.7. The normalized spacial score (nSPS) is 30.2. The van der Waals surface area contributed by atoms with E-state index in [-0.39, 0.29) is 0 Å². The molecular weight excluding hydrogens is 292 g/mol. The number of allylic oxidation sites excluding steroid dienone is 3. The summed E-state index contributed by atoms with van der Waals surface area (Å²) in [5, 5.41) is 9.50. The van der Waals surface area contributed by atoms with Gasteiger partial charge in [0.1, 0.15) is 0 Å². The second-order valence-electron chi connectivity index (χ2n) is 6.76. The van der Waals surface area contributed by atoms with Gasteiger partial charge >= 0.3 is 5.97 Å². The molecule has 1 N–H and O–H groups in total. The summed E-state index contributed by atoms with van der Waals surface area (Å²) in [5.74, 6) is 3.37. The zero-order valence-corrected chi connectivity index (χ0v) is 14.4. The molecule has 2 bridgehead atoms. The van der Waals surface area contributed by atoms with Gasteiger partial charge in [0.2, 0.25) is 0 Å². The molecule has 124 valence electrons. The van der Waals surface area contributed by atoms with Crippen molar-refractivity contribution in [2.45, 2.75) is 63.0 Å². The van der Waals surface area contributed by atoms with Crippen LogP contribution in [0.1, 0.15) is 57.8 Å². The van der Waals surface area contributed by atoms with Gasteiger partial charge < -0.3 is 5.11 Å². The average molecular weight is 323 g/mol. The highest BCUT2D eigenvalue weighted by Gasteiger charge is 2.46. The summed E-state index contributed by atoms with van der Waals surface area (Å²) in [4.78, 5) is 10.5. The molecular formula is C19H30O2S. The van der Waals surface area contributed by atoms with E-state index in [0.29, 0.717) is 6.42 Å². The molecule has 2 saturated carbocycles. The number of fused-ring (bicyclic) bond motifs is 2. The third-order valence-electron chi connectivity index (χ3n) is 5.21. The Morgan fingerprint density at radius 1 is 1.18 bits per heavy atom. The van der Waals surface area contributed by atoms with Crippen LogP contribution < -0.4 is 0 Å². The lowest BCUT2D eigenvalue weighted by Gasteiger charge is -2.30. The van der Waals surface area contributed by atoms with Gasteiger partial charge in [0.15, 0.2) is 0 Å². The Kier molecular flexibility index (Phi) is 7.57. The van der Waals surface area contributed by atoms with Crippen molar-refractivity contribution in [3.05, 3.63) is 24.8 Å². The monoisotopic (exact) mass is 322 g/mol. The summed E-state index contributed by atoms with van der Waals surface area (Å²) in [7, 11) is 0. The lowest BCUT2D eigenvalue weighted by molar-refractivity contribution is -0.137. The number of rotatable bonds is 11. The van der Waals surface area contributed by atoms with Crippen molar-refractivity contribution >= 4 is 17.7 Å². The van der Waals surface area contributed by atoms with Gasteiger partial charge in [-0.25, -0.2) is 0 Å². The molecule has 2 fully saturated rings. The number of carbonyl (C=O) groups is 1. The van der Waals surface area contributed by atoms with Crippen LogP contribution in [0, 0.1) is 17.8 Å². The maximum Gasteiger partial charge on any atom is 0.303 e. The Labute approximate surface area is 139 Å². The van der Waals surface area contributed by atoms with E-state index in [0.717, 1.165) is 42.3 Å². The van der Waals surface area contributed by atoms with E-state index >= 15 is 0 Å². The molecule has 0 amide bonds. The van der Waals surface area contributed by atoms with Crippen LogP contribution in [0.15, 0.2) is 24.8 Å². The van der Waals surface area contributed by atoms with E-state index in [1.165, 1.54) is 37.9 Å². The minimum atomic E-state index is -0.683. The third kappa shape index (κ3) is 5.19. The van der Waals surface area contributed by atoms with Gasteiger partial charge in [-0.1, -0.05) is 18.2 Å². The fraction of sp³-hybridized carbons (Fsp3) is 0.737. The van der Waals surface area contributed by atoms with Crippen LogP contribution >= 0.6 is 11.8 Å². The average Bonchev–Trinajstić information content (AvgIpc) is 3.08. The van der Waals surface area contributed by atoms with Gasteiger partial charge in [0.25, 0.3) is 0 Å². The predicted octanol–water partition coefficient (Wildman–Crippen LogP) is 5.30. The number of hydrogen-bond donors (Lipinski definition) is 1. The molecule has 0 aromatic heterocycles. The molecule has 2 aliphatic rings. The maximum absolute atomic E-state index is 10.5. The maximum atomic E-state index is 10.5. The van der Waals surface area contributed by atoms with Crippen LogP contribution in [0.3, 0.4) is 0 Å². The van der Waals surface area contributed by atoms with Gasteiger partial charge in [-0.05, 0) is 74.9 Å². The van der Waals surface area contributed by atoms with Gasteiger partial charge in [0.05, 0.1) is 0 Å². The SMILES string of the molecule is C=CCCCS[C@@H]1[C@H]2CC[C@H](C2)[C@H]1CC=CCCCC(=O)O. The number of carboxylic acid groups (broad SMARTS) is 1. The highest BCUT2D eigenvalue weighted by molar-refractivity contribution is 7.99. The second kappa shape index (κ2) is 9.44. The minimum absolute atomic E-state index is 0.292. The lowest BCUT2D eigenvalue weighted by Crippen LogP contribution is -2.24. The Morgan fingerprint density at radius 3 is 2.77 bits per heavy atom. The fourth-order valence-electron chi connectivity index (χ4n) is 4.13. The topological polar surface area (TPSA) is 37.3 Å². The Morgan fingerprint density at radius 2 is 2.00 bits per heavy atom. The highest BCUT2D eigenvalue weighted by Crippen LogP contribution is 2.54. The standard InChI is InChI=1S/C19H30O2S/c1-2-3-8-13-22-19-16-12-11-15(14-16)17(19)9-6-4-5-7-10-18(20)21/h2,4,6,15-17,19H,1,3,5,7-14H2,(H,20,21)/t15-,16+,17-,19-/m1/s1. The molecule has 0 aromatic rings. The molecule has 4 atom stereocenters. The van der Waals surface area contributed by atoms with Crippen molar-refractivity contribution in [3.63, 3.8) is 0 Å². The van der Waals surface area contributed by atoms with E-state index in [4.69, 9.17) is 5.11 Å². The zero-order valence-electron chi connectivity index (χ0n) is 13.6. The van der Waals surface area contributed by atoms with E-state index in [9.17, 15) is 4.79 Å². The zero-order chi connectivity index (χ0) is 15.8. The molecule has 0 unspecified atom stereocenters. The number of carboxylic acids is 1. The summed E-state index contributed by atoms with van der Waals surface area (Å²) in [6.45, 7) is 3.80. The summed E-state index contributed by atoms with van der Waals surface area (Å²) in [6.07, 6.45) is 16.5. The van der Waals surface area contributed by atoms with E-state index in [2.05, 4.69) is 30.5 Å². The molecule has 0 aromatic carbocycles. The molecule has 3 heteroatoms. The largest absolute Gasteiger partial charge is 0.481 e. The van der Waals surface area contributed by atoms with Crippen LogP contribution in [0.2, 0.25) is 0 Å². The summed E-state index contributed by atoms with van der Waals surface area (Å²) < 4.78 is 0. The van der Waals surface area contributed by atoms with Gasteiger partial charge in [-0.15, -0.1) is 6.58 Å². The minimum Gasteiger partial charge on any atom is -0.481 e. The second-order valence-corrected chi connectivity index (χ2v) is 8.04. The molecule has 0 aliphatic heterocycles. The van der Waals surface area contributed by atoms with Gasteiger partial charge in [0, 0.05) is 11.7 Å². The molecule has 2 rings (SSSR count). The van der Waals surface area contributed by atoms with Crippen molar-refractivity contribution < 1.29 is 9.90 Å². The summed E-state index contributed by atoms with van der Waals surface area (Å²) >= 11 is 2.21. The molecule has 2 nitrogen and oxygen atoms in total. The smallest absolute Gasteiger partial charge is 0.303 e. The third-order valence-corrected chi connectivity index (χ3v) is 6.85. The Hall–Kier alpha value is -0.700. The van der Waals surface area contributed by atoms with Gasteiger partial charge in [-0.3, -0.25) is 4.79 Å². The Balaban J connectivity index is 1.71. The summed E-state index contributed by atoms with van der Waals surface area (Å²) in [5.41, 5.74) is 0. The van der Waals surface area contributed by atoms with Crippen molar-refractivity contribution in [1.82, 2.24) is 0 Å². The number of hydrogen-bond acceptors (Lipinski definition) is 2. The van der Waals surface area contributed by atoms with E-state index < -0.39 is 5.97 Å². The molecule has 0 radical (unpaired) electrons. The molecule has 0 spiro atoms. The first-order chi connectivity index (χ1) is 10.7. The number of aliphatic carboxylic acids is 1. The first-order valence-electron chi connectivity index (χ1n) is 8.81. The van der Waals surface area contributed by atoms with Crippen molar-refractivity contribution in [3.8, 4) is 0 Å². The van der Waals surface area contributed by atoms with Crippen LogP contribution in [0.25, 0.3) is 0 Å². The van der Waals surface area contributed by atoms with Crippen LogP contribution in [0.4, 0.5) is 0 Å². The van der Waals surface area contributed by atoms with E-state index in [1.807, 2.05) is 6.08 Å². The molecule has 0 heterocycles. The fourth-order valence-corrected chi connectivity index (χ4v) is 5.84.